The maximum atomic E-state index is 7.99. The second kappa shape index (κ2) is 10.1. The van der Waals surface area contributed by atoms with E-state index in [0.29, 0.717) is 17.5 Å². The van der Waals surface area contributed by atoms with Crippen LogP contribution in [0.15, 0.2) is 136 Å². The van der Waals surface area contributed by atoms with Gasteiger partial charge < -0.3 is 8.83 Å². The smallest absolute Gasteiger partial charge is 0.227 e. The molecule has 6 aromatic carbocycles. The fraction of sp³-hybridized carbons (Fsp3) is 0.0714. The molecule has 1 aliphatic carbocycles. The molecule has 5 nitrogen and oxygen atoms in total. The van der Waals surface area contributed by atoms with Crippen molar-refractivity contribution in [1.29, 1.82) is 0 Å². The van der Waals surface area contributed by atoms with Gasteiger partial charge in [-0.25, -0.2) is 14.8 Å². The maximum absolute atomic E-state index is 7.99. The third-order valence-electron chi connectivity index (χ3n) is 9.31. The van der Waals surface area contributed by atoms with Crippen molar-refractivity contribution in [2.75, 3.05) is 0 Å². The van der Waals surface area contributed by atoms with Gasteiger partial charge in [0.25, 0.3) is 0 Å². The van der Waals surface area contributed by atoms with Gasteiger partial charge in [0.05, 0.1) is 6.57 Å². The summed E-state index contributed by atoms with van der Waals surface area (Å²) in [4.78, 5) is 13.5. The van der Waals surface area contributed by atoms with Crippen molar-refractivity contribution in [3.05, 3.63) is 150 Å². The van der Waals surface area contributed by atoms with Crippen LogP contribution in [-0.4, -0.2) is 9.97 Å². The van der Waals surface area contributed by atoms with Crippen LogP contribution in [0.2, 0.25) is 0 Å². The van der Waals surface area contributed by atoms with Crippen LogP contribution in [-0.2, 0) is 5.41 Å². The van der Waals surface area contributed by atoms with Gasteiger partial charge in [-0.1, -0.05) is 74.5 Å². The molecule has 0 radical (unpaired) electrons. The Hall–Kier alpha value is -6.25. The molecule has 0 atom stereocenters. The molecule has 222 valence electrons. The van der Waals surface area contributed by atoms with E-state index < -0.39 is 0 Å². The second-order valence-electron chi connectivity index (χ2n) is 12.6. The van der Waals surface area contributed by atoms with Crippen LogP contribution in [0, 0.1) is 6.57 Å². The van der Waals surface area contributed by atoms with Gasteiger partial charge in [-0.05, 0) is 111 Å². The largest absolute Gasteiger partial charge is 0.436 e. The molecule has 2 heterocycles. The lowest BCUT2D eigenvalue weighted by Crippen LogP contribution is -2.14. The number of nitrogens with zero attached hydrogens (tertiary/aromatic N) is 3. The van der Waals surface area contributed by atoms with E-state index in [1.807, 2.05) is 66.7 Å². The summed E-state index contributed by atoms with van der Waals surface area (Å²) in [7, 11) is 0. The van der Waals surface area contributed by atoms with Crippen molar-refractivity contribution in [1.82, 2.24) is 9.97 Å². The molecule has 47 heavy (non-hydrogen) atoms. The predicted octanol–water partition coefficient (Wildman–Crippen LogP) is 11.5. The van der Waals surface area contributed by atoms with Crippen LogP contribution in [0.4, 0.5) is 5.69 Å². The highest BCUT2D eigenvalue weighted by Gasteiger charge is 2.35. The first-order chi connectivity index (χ1) is 22.9. The van der Waals surface area contributed by atoms with Gasteiger partial charge in [-0.3, -0.25) is 0 Å². The highest BCUT2D eigenvalue weighted by molar-refractivity contribution is 5.87. The van der Waals surface area contributed by atoms with E-state index in [-0.39, 0.29) is 5.41 Å². The number of para-hydroxylation sites is 4. The molecular weight excluding hydrogens is 578 g/mol. The van der Waals surface area contributed by atoms with Gasteiger partial charge in [0.1, 0.15) is 11.0 Å². The normalized spacial score (nSPS) is 13.0. The first-order valence-corrected chi connectivity index (χ1v) is 15.6. The van der Waals surface area contributed by atoms with E-state index in [0.717, 1.165) is 55.6 Å². The minimum atomic E-state index is -0.120. The quantitative estimate of drug-likeness (QED) is 0.187. The van der Waals surface area contributed by atoms with Gasteiger partial charge in [-0.15, -0.1) is 0 Å². The number of benzene rings is 6. The van der Waals surface area contributed by atoms with E-state index in [2.05, 4.69) is 79.4 Å². The molecule has 0 saturated heterocycles. The van der Waals surface area contributed by atoms with Crippen molar-refractivity contribution >= 4 is 27.9 Å². The minimum absolute atomic E-state index is 0.120. The number of fused-ring (bicyclic) bond motifs is 5. The zero-order valence-electron chi connectivity index (χ0n) is 25.8. The Morgan fingerprint density at radius 1 is 0.511 bits per heavy atom. The Morgan fingerprint density at radius 2 is 1.02 bits per heavy atom. The lowest BCUT2D eigenvalue weighted by atomic mass is 9.81. The average molecular weight is 606 g/mol. The summed E-state index contributed by atoms with van der Waals surface area (Å²) in [6.45, 7) is 12.6. The van der Waals surface area contributed by atoms with Gasteiger partial charge in [0.15, 0.2) is 16.9 Å². The molecule has 0 amide bonds. The molecule has 5 heteroatoms. The van der Waals surface area contributed by atoms with Crippen LogP contribution >= 0.6 is 0 Å². The number of aromatic nitrogens is 2. The van der Waals surface area contributed by atoms with Crippen LogP contribution in [0.3, 0.4) is 0 Å². The zero-order valence-corrected chi connectivity index (χ0v) is 25.8. The molecular formula is C42H27N3O2. The van der Waals surface area contributed by atoms with Crippen LogP contribution < -0.4 is 0 Å². The van der Waals surface area contributed by atoms with Crippen LogP contribution in [0.1, 0.15) is 25.0 Å². The van der Waals surface area contributed by atoms with Gasteiger partial charge in [0, 0.05) is 16.5 Å². The highest BCUT2D eigenvalue weighted by Crippen LogP contribution is 2.50. The van der Waals surface area contributed by atoms with Gasteiger partial charge >= 0.3 is 0 Å². The molecule has 0 fully saturated rings. The van der Waals surface area contributed by atoms with Crippen molar-refractivity contribution in [2.24, 2.45) is 0 Å². The molecule has 0 saturated carbocycles. The third-order valence-corrected chi connectivity index (χ3v) is 9.31. The number of rotatable bonds is 4. The molecule has 2 aromatic heterocycles. The number of oxazole rings is 2. The summed E-state index contributed by atoms with van der Waals surface area (Å²) in [5.41, 5.74) is 14.1. The second-order valence-corrected chi connectivity index (χ2v) is 12.6. The van der Waals surface area contributed by atoms with Gasteiger partial charge in [0.2, 0.25) is 11.8 Å². The first-order valence-electron chi connectivity index (χ1n) is 15.6. The Bertz CT molecular complexity index is 2420. The molecule has 1 aliphatic rings. The standard InChI is InChI=1S/C42H27N3O2/c1-42(2)34-11-5-4-10-32(34)33-17-16-25(24-35(33)42)27-18-28(23-31(22-27)43-3)26-19-29(40-44-36-12-6-8-14-38(36)46-40)21-30(20-26)41-45-37-13-7-9-15-39(37)47-41/h4-24H,1-2H3. The Kier molecular flexibility index (Phi) is 5.84. The number of hydrogen-bond donors (Lipinski definition) is 0. The van der Waals surface area contributed by atoms with E-state index >= 15 is 0 Å². The van der Waals surface area contributed by atoms with Crippen molar-refractivity contribution in [2.45, 2.75) is 19.3 Å². The molecule has 0 spiro atoms. The van der Waals surface area contributed by atoms with E-state index in [9.17, 15) is 0 Å². The van der Waals surface area contributed by atoms with Crippen LogP contribution in [0.5, 0.6) is 0 Å². The monoisotopic (exact) mass is 605 g/mol. The summed E-state index contributed by atoms with van der Waals surface area (Å²) in [6.07, 6.45) is 0. The Labute approximate surface area is 271 Å². The molecule has 0 unspecified atom stereocenters. The van der Waals surface area contributed by atoms with Crippen molar-refractivity contribution < 1.29 is 8.83 Å². The van der Waals surface area contributed by atoms with E-state index in [1.54, 1.807) is 0 Å². The maximum Gasteiger partial charge on any atom is 0.227 e. The minimum Gasteiger partial charge on any atom is -0.436 e. The Balaban J connectivity index is 1.22. The summed E-state index contributed by atoms with van der Waals surface area (Å²) >= 11 is 0. The molecule has 0 aliphatic heterocycles. The lowest BCUT2D eigenvalue weighted by molar-refractivity contribution is 0.617. The van der Waals surface area contributed by atoms with Crippen LogP contribution in [0.25, 0.3) is 83.3 Å². The summed E-state index contributed by atoms with van der Waals surface area (Å²) in [5, 5.41) is 0. The van der Waals surface area contributed by atoms with Crippen molar-refractivity contribution in [3.63, 3.8) is 0 Å². The summed E-state index contributed by atoms with van der Waals surface area (Å²) in [5.74, 6) is 1.01. The van der Waals surface area contributed by atoms with Gasteiger partial charge in [-0.2, -0.15) is 0 Å². The molecule has 8 aromatic rings. The summed E-state index contributed by atoms with van der Waals surface area (Å²) in [6, 6.07) is 43.0. The third kappa shape index (κ3) is 4.38. The van der Waals surface area contributed by atoms with E-state index in [4.69, 9.17) is 25.4 Å². The average Bonchev–Trinajstić information content (AvgIpc) is 3.81. The molecule has 9 rings (SSSR count). The number of hydrogen-bond acceptors (Lipinski definition) is 4. The summed E-state index contributed by atoms with van der Waals surface area (Å²) < 4.78 is 12.4. The molecule has 0 N–H and O–H groups in total. The topological polar surface area (TPSA) is 56.4 Å². The fourth-order valence-corrected chi connectivity index (χ4v) is 6.93. The zero-order chi connectivity index (χ0) is 31.7. The highest BCUT2D eigenvalue weighted by atomic mass is 16.4. The fourth-order valence-electron chi connectivity index (χ4n) is 6.93. The van der Waals surface area contributed by atoms with E-state index in [1.165, 1.54) is 22.3 Å². The predicted molar refractivity (Wildman–Crippen MR) is 187 cm³/mol. The van der Waals surface area contributed by atoms with Crippen molar-refractivity contribution in [3.8, 4) is 56.3 Å². The molecule has 0 bridgehead atoms. The first kappa shape index (κ1) is 27.1. The lowest BCUT2D eigenvalue weighted by Gasteiger charge is -2.22. The SMILES string of the molecule is [C-]#[N+]c1cc(-c2cc(-c3nc4ccccc4o3)cc(-c3nc4ccccc4o3)c2)cc(-c2ccc3c(c2)C(C)(C)c2ccccc2-3)c1. The Morgan fingerprint density at radius 3 is 1.66 bits per heavy atom.